The summed E-state index contributed by atoms with van der Waals surface area (Å²) in [7, 11) is 0. The number of fused-ring (bicyclic) bond motifs is 1. The van der Waals surface area contributed by atoms with Crippen LogP contribution in [0.2, 0.25) is 0 Å². The lowest BCUT2D eigenvalue weighted by molar-refractivity contribution is -0.146. The second-order valence-electron chi connectivity index (χ2n) is 5.38. The third-order valence-electron chi connectivity index (χ3n) is 3.87. The van der Waals surface area contributed by atoms with Gasteiger partial charge in [-0.3, -0.25) is 10.3 Å². The van der Waals surface area contributed by atoms with Gasteiger partial charge in [0.2, 0.25) is 0 Å². The summed E-state index contributed by atoms with van der Waals surface area (Å²) < 4.78 is 0. The molecule has 1 unspecified atom stereocenters. The number of hydrogen-bond acceptors (Lipinski definition) is 4. The maximum Gasteiger partial charge on any atom is 0.329 e. The zero-order valence-corrected chi connectivity index (χ0v) is 11.5. The van der Waals surface area contributed by atoms with Gasteiger partial charge in [0, 0.05) is 29.6 Å². The number of benzene rings is 1. The van der Waals surface area contributed by atoms with Gasteiger partial charge >= 0.3 is 5.97 Å². The number of aliphatic carboxylic acids is 1. The average Bonchev–Trinajstić information content (AvgIpc) is 3.30. The van der Waals surface area contributed by atoms with E-state index in [1.54, 1.807) is 18.3 Å². The number of aromatic nitrogens is 1. The molecule has 2 N–H and O–H groups in total. The van der Waals surface area contributed by atoms with Gasteiger partial charge in [0.15, 0.2) is 5.54 Å². The molecule has 1 aromatic heterocycles. The Morgan fingerprint density at radius 1 is 1.38 bits per heavy atom. The van der Waals surface area contributed by atoms with Gasteiger partial charge in [0.25, 0.3) is 0 Å². The number of para-hydroxylation sites is 1. The molecule has 21 heavy (non-hydrogen) atoms. The van der Waals surface area contributed by atoms with Crippen molar-refractivity contribution < 1.29 is 14.7 Å². The van der Waals surface area contributed by atoms with E-state index in [0.29, 0.717) is 17.4 Å². The molecular weight excluding hydrogens is 268 g/mol. The Morgan fingerprint density at radius 2 is 2.14 bits per heavy atom. The molecule has 0 bridgehead atoms. The molecule has 5 heteroatoms. The van der Waals surface area contributed by atoms with Crippen LogP contribution < -0.4 is 5.32 Å². The van der Waals surface area contributed by atoms with E-state index in [1.807, 2.05) is 18.2 Å². The van der Waals surface area contributed by atoms with Gasteiger partial charge in [0.1, 0.15) is 6.29 Å². The van der Waals surface area contributed by atoms with Gasteiger partial charge in [-0.2, -0.15) is 0 Å². The summed E-state index contributed by atoms with van der Waals surface area (Å²) in [6, 6.07) is 9.27. The van der Waals surface area contributed by atoms with Crippen LogP contribution in [-0.2, 0) is 15.1 Å². The normalized spacial score (nSPS) is 17.3. The quantitative estimate of drug-likeness (QED) is 0.791. The van der Waals surface area contributed by atoms with Crippen molar-refractivity contribution >= 4 is 23.2 Å². The van der Waals surface area contributed by atoms with Crippen molar-refractivity contribution in [3.05, 3.63) is 42.1 Å². The van der Waals surface area contributed by atoms with Crippen LogP contribution in [0.25, 0.3) is 10.9 Å². The van der Waals surface area contributed by atoms with Crippen LogP contribution in [0.1, 0.15) is 24.8 Å². The molecule has 1 saturated carbocycles. The molecule has 1 atom stereocenters. The van der Waals surface area contributed by atoms with Crippen molar-refractivity contribution in [2.45, 2.75) is 30.8 Å². The van der Waals surface area contributed by atoms with Crippen LogP contribution in [0.3, 0.4) is 0 Å². The van der Waals surface area contributed by atoms with Crippen molar-refractivity contribution in [2.24, 2.45) is 0 Å². The molecule has 0 radical (unpaired) electrons. The molecular formula is C16H16N2O3. The number of carboxylic acid groups (broad SMARTS) is 1. The summed E-state index contributed by atoms with van der Waals surface area (Å²) in [5.74, 6) is -1.04. The molecule has 1 fully saturated rings. The van der Waals surface area contributed by atoms with Crippen LogP contribution in [0, 0.1) is 0 Å². The van der Waals surface area contributed by atoms with Crippen molar-refractivity contribution in [2.75, 3.05) is 0 Å². The van der Waals surface area contributed by atoms with Crippen LogP contribution in [0.15, 0.2) is 36.5 Å². The summed E-state index contributed by atoms with van der Waals surface area (Å²) in [6.07, 6.45) is 4.05. The average molecular weight is 284 g/mol. The second kappa shape index (κ2) is 5.26. The maximum atomic E-state index is 12.0. The Balaban J connectivity index is 2.21. The highest BCUT2D eigenvalue weighted by Gasteiger charge is 2.45. The molecule has 0 amide bonds. The topological polar surface area (TPSA) is 79.3 Å². The monoisotopic (exact) mass is 284 g/mol. The van der Waals surface area contributed by atoms with Crippen LogP contribution >= 0.6 is 0 Å². The molecule has 1 aliphatic rings. The Labute approximate surface area is 122 Å². The van der Waals surface area contributed by atoms with E-state index < -0.39 is 11.5 Å². The molecule has 5 nitrogen and oxygen atoms in total. The highest BCUT2D eigenvalue weighted by Crippen LogP contribution is 2.34. The van der Waals surface area contributed by atoms with Crippen molar-refractivity contribution in [1.82, 2.24) is 10.3 Å². The Hall–Kier alpha value is -2.27. The van der Waals surface area contributed by atoms with Gasteiger partial charge in [-0.15, -0.1) is 0 Å². The molecule has 0 spiro atoms. The minimum atomic E-state index is -1.41. The lowest BCUT2D eigenvalue weighted by Crippen LogP contribution is -2.50. The lowest BCUT2D eigenvalue weighted by atomic mass is 9.85. The second-order valence-corrected chi connectivity index (χ2v) is 5.38. The van der Waals surface area contributed by atoms with E-state index >= 15 is 0 Å². The highest BCUT2D eigenvalue weighted by molar-refractivity contribution is 5.92. The minimum Gasteiger partial charge on any atom is -0.480 e. The number of pyridine rings is 1. The molecule has 1 aliphatic carbocycles. The largest absolute Gasteiger partial charge is 0.480 e. The summed E-state index contributed by atoms with van der Waals surface area (Å²) in [5, 5.41) is 13.8. The molecule has 2 aromatic rings. The number of carbonyl (C=O) groups is 2. The Kier molecular flexibility index (Phi) is 3.43. The first-order chi connectivity index (χ1) is 10.2. The van der Waals surface area contributed by atoms with Crippen molar-refractivity contribution in [3.63, 3.8) is 0 Å². The highest BCUT2D eigenvalue weighted by atomic mass is 16.4. The molecule has 0 aliphatic heterocycles. The number of nitrogens with zero attached hydrogens (tertiary/aromatic N) is 1. The van der Waals surface area contributed by atoms with E-state index in [1.165, 1.54) is 0 Å². The molecule has 3 rings (SSSR count). The van der Waals surface area contributed by atoms with Gasteiger partial charge in [-0.05, 0) is 18.9 Å². The number of hydrogen-bond donors (Lipinski definition) is 2. The zero-order chi connectivity index (χ0) is 14.9. The Morgan fingerprint density at radius 3 is 2.81 bits per heavy atom. The van der Waals surface area contributed by atoms with Gasteiger partial charge in [0.05, 0.1) is 5.52 Å². The minimum absolute atomic E-state index is 0.117. The smallest absolute Gasteiger partial charge is 0.329 e. The van der Waals surface area contributed by atoms with E-state index in [4.69, 9.17) is 0 Å². The Bertz CT molecular complexity index is 691. The molecule has 1 heterocycles. The fourth-order valence-electron chi connectivity index (χ4n) is 2.66. The molecule has 1 aromatic carbocycles. The zero-order valence-electron chi connectivity index (χ0n) is 11.5. The van der Waals surface area contributed by atoms with Crippen molar-refractivity contribution in [1.29, 1.82) is 0 Å². The summed E-state index contributed by atoms with van der Waals surface area (Å²) in [5.41, 5.74) is -0.235. The van der Waals surface area contributed by atoms with Gasteiger partial charge in [-0.25, -0.2) is 4.79 Å². The SMILES string of the molecule is O=CCC(NC1CC1)(C(=O)O)c1cccc2cccnc12. The van der Waals surface area contributed by atoms with E-state index in [-0.39, 0.29) is 12.5 Å². The summed E-state index contributed by atoms with van der Waals surface area (Å²) in [4.78, 5) is 27.4. The van der Waals surface area contributed by atoms with E-state index in [2.05, 4.69) is 10.3 Å². The summed E-state index contributed by atoms with van der Waals surface area (Å²) >= 11 is 0. The van der Waals surface area contributed by atoms with Gasteiger partial charge in [-0.1, -0.05) is 24.3 Å². The predicted molar refractivity (Wildman–Crippen MR) is 77.9 cm³/mol. The first-order valence-electron chi connectivity index (χ1n) is 6.96. The van der Waals surface area contributed by atoms with Crippen LogP contribution in [-0.4, -0.2) is 28.4 Å². The molecule has 108 valence electrons. The van der Waals surface area contributed by atoms with Gasteiger partial charge < -0.3 is 9.90 Å². The number of aldehydes is 1. The first-order valence-corrected chi connectivity index (χ1v) is 6.96. The third kappa shape index (κ3) is 2.40. The number of carboxylic acids is 1. The molecule has 0 saturated heterocycles. The van der Waals surface area contributed by atoms with E-state index in [0.717, 1.165) is 18.2 Å². The first kappa shape index (κ1) is 13.7. The van der Waals surface area contributed by atoms with E-state index in [9.17, 15) is 14.7 Å². The number of carbonyl (C=O) groups excluding carboxylic acids is 1. The van der Waals surface area contributed by atoms with Crippen LogP contribution in [0.4, 0.5) is 0 Å². The van der Waals surface area contributed by atoms with Crippen LogP contribution in [0.5, 0.6) is 0 Å². The fraction of sp³-hybridized carbons (Fsp3) is 0.312. The summed E-state index contributed by atoms with van der Waals surface area (Å²) in [6.45, 7) is 0. The predicted octanol–water partition coefficient (Wildman–Crippen LogP) is 1.86. The number of nitrogens with one attached hydrogen (secondary N) is 1. The van der Waals surface area contributed by atoms with Crippen molar-refractivity contribution in [3.8, 4) is 0 Å². The fourth-order valence-corrected chi connectivity index (χ4v) is 2.66. The third-order valence-corrected chi connectivity index (χ3v) is 3.87. The lowest BCUT2D eigenvalue weighted by Gasteiger charge is -2.30. The number of rotatable bonds is 6. The maximum absolute atomic E-state index is 12.0. The standard InChI is InChI=1S/C16H16N2O3/c19-10-8-16(15(20)21,18-12-6-7-12)13-5-1-3-11-4-2-9-17-14(11)13/h1-5,9-10,12,18H,6-8H2,(H,20,21).